The summed E-state index contributed by atoms with van der Waals surface area (Å²) in [6.45, 7) is 1.67. The van der Waals surface area contributed by atoms with Crippen molar-refractivity contribution in [2.45, 2.75) is 24.2 Å². The largest absolute Gasteiger partial charge is 0.493 e. The lowest BCUT2D eigenvalue weighted by Crippen LogP contribution is -2.36. The van der Waals surface area contributed by atoms with Crippen LogP contribution >= 0.6 is 11.8 Å². The van der Waals surface area contributed by atoms with E-state index in [1.54, 1.807) is 26.0 Å². The predicted octanol–water partition coefficient (Wildman–Crippen LogP) is 4.84. The molecular weight excluding hydrogens is 420 g/mol. The number of nitrogens with zero attached hydrogens (tertiary/aromatic N) is 3. The van der Waals surface area contributed by atoms with Gasteiger partial charge in [0.05, 0.1) is 20.3 Å². The Bertz CT molecular complexity index is 1240. The molecule has 3 heterocycles. The molecule has 2 aromatic heterocycles. The van der Waals surface area contributed by atoms with E-state index in [-0.39, 0.29) is 6.04 Å². The summed E-state index contributed by atoms with van der Waals surface area (Å²) < 4.78 is 11.5. The fraction of sp³-hybridized carbons (Fsp3) is 0.280. The first-order chi connectivity index (χ1) is 15.7. The zero-order chi connectivity index (χ0) is 22.1. The van der Waals surface area contributed by atoms with Crippen molar-refractivity contribution >= 4 is 22.7 Å². The first-order valence-corrected chi connectivity index (χ1v) is 11.8. The second-order valence-corrected chi connectivity index (χ2v) is 8.62. The summed E-state index contributed by atoms with van der Waals surface area (Å²) in [4.78, 5) is 15.1. The molecule has 5 rings (SSSR count). The van der Waals surface area contributed by atoms with E-state index < -0.39 is 0 Å². The standard InChI is InChI=1S/C25H26N4O2S/c1-30-21-10-6-8-19(24(21)31-2)23-22-18(17-7-4-5-9-20(17)28-22)11-12-29(23)15-16-13-26-25(32-3)27-14-16/h4-10,13-14,23,28H,11-12,15H2,1-3H3. The molecule has 1 atom stereocenters. The molecule has 1 aliphatic rings. The number of fused-ring (bicyclic) bond motifs is 3. The van der Waals surface area contributed by atoms with Gasteiger partial charge < -0.3 is 14.5 Å². The van der Waals surface area contributed by atoms with Crippen LogP contribution < -0.4 is 9.47 Å². The second-order valence-electron chi connectivity index (χ2n) is 7.85. The molecule has 4 aromatic rings. The van der Waals surface area contributed by atoms with Gasteiger partial charge in [0.2, 0.25) is 0 Å². The molecule has 0 fully saturated rings. The average Bonchev–Trinajstić information content (AvgIpc) is 3.22. The fourth-order valence-corrected chi connectivity index (χ4v) is 5.02. The maximum atomic E-state index is 5.85. The van der Waals surface area contributed by atoms with E-state index in [0.29, 0.717) is 0 Å². The van der Waals surface area contributed by atoms with Gasteiger partial charge in [-0.15, -0.1) is 0 Å². The van der Waals surface area contributed by atoms with Crippen LogP contribution in [0, 0.1) is 0 Å². The third-order valence-corrected chi connectivity index (χ3v) is 6.69. The number of thioether (sulfide) groups is 1. The Morgan fingerprint density at radius 3 is 2.62 bits per heavy atom. The number of aromatic amines is 1. The van der Waals surface area contributed by atoms with Crippen molar-refractivity contribution in [1.82, 2.24) is 19.9 Å². The van der Waals surface area contributed by atoms with E-state index >= 15 is 0 Å². The van der Waals surface area contributed by atoms with E-state index in [4.69, 9.17) is 9.47 Å². The Labute approximate surface area is 192 Å². The van der Waals surface area contributed by atoms with Gasteiger partial charge in [0.1, 0.15) is 0 Å². The molecule has 0 saturated carbocycles. The first kappa shape index (κ1) is 20.8. The molecule has 0 amide bonds. The number of para-hydroxylation sites is 2. The molecule has 6 nitrogen and oxygen atoms in total. The number of rotatable bonds is 6. The van der Waals surface area contributed by atoms with Crippen molar-refractivity contribution in [3.05, 3.63) is 77.2 Å². The Balaban J connectivity index is 1.64. The highest BCUT2D eigenvalue weighted by molar-refractivity contribution is 7.98. The van der Waals surface area contributed by atoms with Gasteiger partial charge in [-0.1, -0.05) is 42.1 Å². The number of hydrogen-bond donors (Lipinski definition) is 1. The topological polar surface area (TPSA) is 63.3 Å². The zero-order valence-corrected chi connectivity index (χ0v) is 19.3. The minimum absolute atomic E-state index is 0.00331. The van der Waals surface area contributed by atoms with Crippen LogP contribution in [-0.4, -0.2) is 46.9 Å². The summed E-state index contributed by atoms with van der Waals surface area (Å²) in [5, 5.41) is 2.08. The lowest BCUT2D eigenvalue weighted by atomic mass is 9.91. The lowest BCUT2D eigenvalue weighted by molar-refractivity contribution is 0.197. The highest BCUT2D eigenvalue weighted by atomic mass is 32.2. The zero-order valence-electron chi connectivity index (χ0n) is 18.5. The van der Waals surface area contributed by atoms with Crippen molar-refractivity contribution in [2.75, 3.05) is 27.0 Å². The third-order valence-electron chi connectivity index (χ3n) is 6.11. The normalized spacial score (nSPS) is 16.2. The number of ether oxygens (including phenoxy) is 2. The predicted molar refractivity (Wildman–Crippen MR) is 128 cm³/mol. The summed E-state index contributed by atoms with van der Waals surface area (Å²) in [5.41, 5.74) is 5.93. The Hall–Kier alpha value is -3.03. The summed E-state index contributed by atoms with van der Waals surface area (Å²) >= 11 is 1.55. The molecule has 164 valence electrons. The monoisotopic (exact) mass is 446 g/mol. The number of aromatic nitrogens is 3. The van der Waals surface area contributed by atoms with Crippen molar-refractivity contribution in [2.24, 2.45) is 0 Å². The summed E-state index contributed by atoms with van der Waals surface area (Å²) in [7, 11) is 3.38. The molecule has 1 N–H and O–H groups in total. The minimum atomic E-state index is -0.00331. The van der Waals surface area contributed by atoms with Crippen LogP contribution in [0.4, 0.5) is 0 Å². The van der Waals surface area contributed by atoms with Crippen LogP contribution in [0.5, 0.6) is 11.5 Å². The molecule has 2 aromatic carbocycles. The number of H-pyrrole nitrogens is 1. The van der Waals surface area contributed by atoms with Crippen LogP contribution in [0.1, 0.15) is 28.4 Å². The Kier molecular flexibility index (Phi) is 5.76. The lowest BCUT2D eigenvalue weighted by Gasteiger charge is -2.36. The molecule has 7 heteroatoms. The van der Waals surface area contributed by atoms with Crippen molar-refractivity contribution in [1.29, 1.82) is 0 Å². The smallest absolute Gasteiger partial charge is 0.187 e. The van der Waals surface area contributed by atoms with Gasteiger partial charge in [0.15, 0.2) is 16.7 Å². The van der Waals surface area contributed by atoms with E-state index in [1.807, 2.05) is 30.8 Å². The third kappa shape index (κ3) is 3.61. The second kappa shape index (κ2) is 8.84. The minimum Gasteiger partial charge on any atom is -0.493 e. The van der Waals surface area contributed by atoms with Crippen LogP contribution in [0.2, 0.25) is 0 Å². The summed E-state index contributed by atoms with van der Waals surface area (Å²) in [6, 6.07) is 14.6. The number of methoxy groups -OCH3 is 2. The van der Waals surface area contributed by atoms with E-state index in [1.165, 1.54) is 22.2 Å². The number of benzene rings is 2. The molecule has 0 aliphatic carbocycles. The SMILES string of the molecule is COc1cccc(C2c3[nH]c4ccccc4c3CCN2Cc2cnc(SC)nc2)c1OC. The highest BCUT2D eigenvalue weighted by Gasteiger charge is 2.34. The van der Waals surface area contributed by atoms with Crippen molar-refractivity contribution in [3.63, 3.8) is 0 Å². The molecule has 1 unspecified atom stereocenters. The van der Waals surface area contributed by atoms with E-state index in [2.05, 4.69) is 50.2 Å². The summed E-state index contributed by atoms with van der Waals surface area (Å²) in [5.74, 6) is 1.51. The molecule has 1 aliphatic heterocycles. The summed E-state index contributed by atoms with van der Waals surface area (Å²) in [6.07, 6.45) is 6.83. The Morgan fingerprint density at radius 2 is 1.88 bits per heavy atom. The van der Waals surface area contributed by atoms with Gasteiger partial charge in [-0.3, -0.25) is 4.90 Å². The molecule has 32 heavy (non-hydrogen) atoms. The molecule has 0 bridgehead atoms. The van der Waals surface area contributed by atoms with Crippen LogP contribution in [0.15, 0.2) is 60.0 Å². The Morgan fingerprint density at radius 1 is 1.06 bits per heavy atom. The van der Waals surface area contributed by atoms with Gasteiger partial charge >= 0.3 is 0 Å². The number of hydrogen-bond acceptors (Lipinski definition) is 6. The molecular formula is C25H26N4O2S. The van der Waals surface area contributed by atoms with E-state index in [9.17, 15) is 0 Å². The quantitative estimate of drug-likeness (QED) is 0.338. The first-order valence-electron chi connectivity index (χ1n) is 10.6. The number of nitrogens with one attached hydrogen (secondary N) is 1. The van der Waals surface area contributed by atoms with Gasteiger partial charge in [0.25, 0.3) is 0 Å². The molecule has 0 saturated heterocycles. The van der Waals surface area contributed by atoms with E-state index in [0.717, 1.165) is 47.3 Å². The highest BCUT2D eigenvalue weighted by Crippen LogP contribution is 2.44. The average molecular weight is 447 g/mol. The van der Waals surface area contributed by atoms with Gasteiger partial charge in [0, 0.05) is 53.2 Å². The van der Waals surface area contributed by atoms with Crippen LogP contribution in [-0.2, 0) is 13.0 Å². The van der Waals surface area contributed by atoms with Gasteiger partial charge in [-0.2, -0.15) is 0 Å². The van der Waals surface area contributed by atoms with Crippen LogP contribution in [0.3, 0.4) is 0 Å². The van der Waals surface area contributed by atoms with Crippen molar-refractivity contribution < 1.29 is 9.47 Å². The van der Waals surface area contributed by atoms with Crippen molar-refractivity contribution in [3.8, 4) is 11.5 Å². The maximum Gasteiger partial charge on any atom is 0.187 e. The molecule has 0 spiro atoms. The fourth-order valence-electron chi connectivity index (χ4n) is 4.71. The maximum absolute atomic E-state index is 5.85. The van der Waals surface area contributed by atoms with Crippen LogP contribution in [0.25, 0.3) is 10.9 Å². The molecule has 0 radical (unpaired) electrons. The van der Waals surface area contributed by atoms with Gasteiger partial charge in [-0.05, 0) is 30.4 Å². The van der Waals surface area contributed by atoms with Gasteiger partial charge in [-0.25, -0.2) is 9.97 Å².